The van der Waals surface area contributed by atoms with Gasteiger partial charge in [-0.2, -0.15) is 13.1 Å². The van der Waals surface area contributed by atoms with Gasteiger partial charge in [0.25, 0.3) is 10.2 Å². The van der Waals surface area contributed by atoms with E-state index < -0.39 is 52.3 Å². The van der Waals surface area contributed by atoms with Crippen LogP contribution in [-0.2, 0) is 36.5 Å². The van der Waals surface area contributed by atoms with Gasteiger partial charge in [0.1, 0.15) is 0 Å². The summed E-state index contributed by atoms with van der Waals surface area (Å²) >= 11 is 5.84. The normalized spacial score (nSPS) is 13.5. The highest BCUT2D eigenvalue weighted by molar-refractivity contribution is 7.94. The smallest absolute Gasteiger partial charge is 0.274 e. The zero-order valence-corrected chi connectivity index (χ0v) is 20.9. The van der Waals surface area contributed by atoms with E-state index in [1.54, 1.807) is 0 Å². The molecular formula is C21H21ClN2O7S3. The minimum Gasteiger partial charge on any atom is -0.392 e. The van der Waals surface area contributed by atoms with E-state index in [1.807, 2.05) is 0 Å². The molecule has 34 heavy (non-hydrogen) atoms. The van der Waals surface area contributed by atoms with E-state index in [2.05, 4.69) is 4.72 Å². The van der Waals surface area contributed by atoms with Crippen LogP contribution in [0.5, 0.6) is 0 Å². The first-order chi connectivity index (χ1) is 15.8. The van der Waals surface area contributed by atoms with Crippen molar-refractivity contribution in [1.82, 2.24) is 4.72 Å². The fourth-order valence-electron chi connectivity index (χ4n) is 3.20. The summed E-state index contributed by atoms with van der Waals surface area (Å²) in [6.45, 7) is 1.03. The number of aliphatic hydroxyl groups is 1. The van der Waals surface area contributed by atoms with E-state index in [0.29, 0.717) is 10.6 Å². The minimum atomic E-state index is -4.32. The summed E-state index contributed by atoms with van der Waals surface area (Å²) in [5, 5.41) is 14.8. The molecule has 0 amide bonds. The molecule has 13 heteroatoms. The van der Waals surface area contributed by atoms with Crippen LogP contribution in [0.3, 0.4) is 0 Å². The minimum absolute atomic E-state index is 0.165. The second kappa shape index (κ2) is 9.74. The van der Waals surface area contributed by atoms with E-state index in [-0.39, 0.29) is 15.4 Å². The Labute approximate surface area is 203 Å². The van der Waals surface area contributed by atoms with Crippen molar-refractivity contribution in [3.05, 3.63) is 82.9 Å². The van der Waals surface area contributed by atoms with Gasteiger partial charge >= 0.3 is 0 Å². The first kappa shape index (κ1) is 26.3. The van der Waals surface area contributed by atoms with Gasteiger partial charge in [-0.25, -0.2) is 22.0 Å². The average molecular weight is 545 g/mol. The number of sulfone groups is 2. The average Bonchev–Trinajstić information content (AvgIpc) is 2.78. The van der Waals surface area contributed by atoms with Crippen LogP contribution in [0.25, 0.3) is 0 Å². The van der Waals surface area contributed by atoms with Crippen molar-refractivity contribution < 1.29 is 30.4 Å². The molecule has 0 aliphatic heterocycles. The lowest BCUT2D eigenvalue weighted by molar-refractivity contribution is 0.281. The van der Waals surface area contributed by atoms with Crippen LogP contribution >= 0.6 is 11.6 Å². The zero-order valence-electron chi connectivity index (χ0n) is 17.7. The van der Waals surface area contributed by atoms with E-state index in [0.717, 1.165) is 12.1 Å². The predicted octanol–water partition coefficient (Wildman–Crippen LogP) is 2.35. The number of aliphatic hydroxyl groups excluding tert-OH is 1. The van der Waals surface area contributed by atoms with Crippen LogP contribution in [0.1, 0.15) is 24.1 Å². The summed E-state index contributed by atoms with van der Waals surface area (Å²) in [6.07, 6.45) is 0. The van der Waals surface area contributed by atoms with Crippen molar-refractivity contribution in [3.63, 3.8) is 0 Å². The number of rotatable bonds is 8. The molecule has 0 aliphatic carbocycles. The number of benzene rings is 3. The fourth-order valence-corrected chi connectivity index (χ4v) is 7.32. The summed E-state index contributed by atoms with van der Waals surface area (Å²) in [5.41, 5.74) is 0.655. The van der Waals surface area contributed by atoms with Crippen LogP contribution < -0.4 is 9.86 Å². The molecule has 0 spiro atoms. The molecule has 3 aromatic carbocycles. The number of hydrogen-bond acceptors (Lipinski definition) is 7. The number of nitrogens with one attached hydrogen (secondary N) is 1. The molecule has 1 atom stereocenters. The lowest BCUT2D eigenvalue weighted by Gasteiger charge is -2.15. The van der Waals surface area contributed by atoms with E-state index in [9.17, 15) is 30.4 Å². The summed E-state index contributed by atoms with van der Waals surface area (Å²) in [6, 6.07) is 13.4. The first-order valence-electron chi connectivity index (χ1n) is 9.65. The van der Waals surface area contributed by atoms with Gasteiger partial charge < -0.3 is 5.11 Å². The Morgan fingerprint density at radius 3 is 1.82 bits per heavy atom. The summed E-state index contributed by atoms with van der Waals surface area (Å²) < 4.78 is 78.1. The van der Waals surface area contributed by atoms with Crippen LogP contribution in [0.2, 0.25) is 5.02 Å². The molecule has 4 N–H and O–H groups in total. The summed E-state index contributed by atoms with van der Waals surface area (Å²) in [4.78, 5) is -1.33. The quantitative estimate of drug-likeness (QED) is 0.392. The van der Waals surface area contributed by atoms with Gasteiger partial charge in [0, 0.05) is 11.1 Å². The maximum atomic E-state index is 13.4. The van der Waals surface area contributed by atoms with Gasteiger partial charge in [-0.3, -0.25) is 0 Å². The molecule has 0 heterocycles. The number of halogens is 1. The van der Waals surface area contributed by atoms with Gasteiger partial charge in [-0.15, -0.1) is 0 Å². The monoisotopic (exact) mass is 544 g/mol. The van der Waals surface area contributed by atoms with Gasteiger partial charge in [0.2, 0.25) is 19.7 Å². The first-order valence-corrected chi connectivity index (χ1v) is 14.5. The summed E-state index contributed by atoms with van der Waals surface area (Å²) in [5.74, 6) is 0. The zero-order chi connectivity index (χ0) is 25.3. The second-order valence-corrected chi connectivity index (χ2v) is 13.0. The maximum absolute atomic E-state index is 13.4. The number of hydrogen-bond donors (Lipinski definition) is 3. The largest absolute Gasteiger partial charge is 0.392 e. The van der Waals surface area contributed by atoms with Gasteiger partial charge in [0.15, 0.2) is 0 Å². The molecule has 3 aromatic rings. The molecule has 0 bridgehead atoms. The molecule has 3 rings (SSSR count). The Hall–Kier alpha value is -2.32. The van der Waals surface area contributed by atoms with Crippen molar-refractivity contribution >= 4 is 41.5 Å². The lowest BCUT2D eigenvalue weighted by atomic mass is 10.1. The lowest BCUT2D eigenvalue weighted by Crippen LogP contribution is -2.32. The Morgan fingerprint density at radius 2 is 1.32 bits per heavy atom. The fraction of sp³-hybridized carbons (Fsp3) is 0.143. The Balaban J connectivity index is 2.11. The highest BCUT2D eigenvalue weighted by Gasteiger charge is 2.30. The maximum Gasteiger partial charge on any atom is 0.274 e. The number of nitrogens with two attached hydrogens (primary N) is 1. The summed E-state index contributed by atoms with van der Waals surface area (Å²) in [7, 11) is -12.6. The topological polar surface area (TPSA) is 161 Å². The molecule has 182 valence electrons. The molecular weight excluding hydrogens is 524 g/mol. The van der Waals surface area contributed by atoms with Crippen LogP contribution in [0, 0.1) is 0 Å². The van der Waals surface area contributed by atoms with E-state index in [1.165, 1.54) is 61.5 Å². The van der Waals surface area contributed by atoms with Crippen molar-refractivity contribution in [2.45, 2.75) is 39.2 Å². The third-order valence-electron chi connectivity index (χ3n) is 4.93. The van der Waals surface area contributed by atoms with Crippen molar-refractivity contribution in [2.24, 2.45) is 5.14 Å². The van der Waals surface area contributed by atoms with E-state index >= 15 is 0 Å². The molecule has 0 fully saturated rings. The Bertz CT molecular complexity index is 1520. The molecule has 0 saturated carbocycles. The van der Waals surface area contributed by atoms with Crippen molar-refractivity contribution in [2.75, 3.05) is 0 Å². The molecule has 0 radical (unpaired) electrons. The van der Waals surface area contributed by atoms with Crippen molar-refractivity contribution in [1.29, 1.82) is 0 Å². The van der Waals surface area contributed by atoms with Gasteiger partial charge in [0.05, 0.1) is 26.2 Å². The van der Waals surface area contributed by atoms with Crippen LogP contribution in [-0.4, -0.2) is 30.4 Å². The standard InChI is InChI=1S/C21H21ClN2O7S3/c1-14(24-34(23,30)31)16-3-7-18(8-4-16)32(26,27)20-11-2-15(13-25)12-21(20)33(28,29)19-9-5-17(22)6-10-19/h2-12,14,24-25H,13H2,1H3,(H2,23,30,31)/t14-/m0/s1. The molecule has 0 aliphatic rings. The van der Waals surface area contributed by atoms with Crippen LogP contribution in [0.4, 0.5) is 0 Å². The molecule has 0 unspecified atom stereocenters. The third kappa shape index (κ3) is 5.66. The Morgan fingerprint density at radius 1 is 0.824 bits per heavy atom. The second-order valence-electron chi connectivity index (χ2n) is 7.35. The van der Waals surface area contributed by atoms with Gasteiger partial charge in [-0.05, 0) is 66.6 Å². The van der Waals surface area contributed by atoms with E-state index in [4.69, 9.17) is 16.7 Å². The van der Waals surface area contributed by atoms with Crippen molar-refractivity contribution in [3.8, 4) is 0 Å². The highest BCUT2D eigenvalue weighted by atomic mass is 35.5. The molecule has 0 aromatic heterocycles. The molecule has 0 saturated heterocycles. The third-order valence-corrected chi connectivity index (χ3v) is 9.63. The Kier molecular flexibility index (Phi) is 7.53. The van der Waals surface area contributed by atoms with Crippen LogP contribution in [0.15, 0.2) is 86.3 Å². The highest BCUT2D eigenvalue weighted by Crippen LogP contribution is 2.33. The molecule has 9 nitrogen and oxygen atoms in total. The SMILES string of the molecule is C[C@H](NS(N)(=O)=O)c1ccc(S(=O)(=O)c2ccc(CO)cc2S(=O)(=O)c2ccc(Cl)cc2)cc1. The predicted molar refractivity (Wildman–Crippen MR) is 126 cm³/mol. The van der Waals surface area contributed by atoms with Gasteiger partial charge in [-0.1, -0.05) is 29.8 Å².